The topological polar surface area (TPSA) is 95.9 Å². The Kier molecular flexibility index (Phi) is 6.40. The van der Waals surface area contributed by atoms with Crippen molar-refractivity contribution in [2.24, 2.45) is 4.40 Å². The molecule has 0 radical (unpaired) electrons. The van der Waals surface area contributed by atoms with Crippen molar-refractivity contribution in [3.63, 3.8) is 0 Å². The maximum Gasteiger partial charge on any atom is 0.294 e. The molecule has 3 aromatic rings. The van der Waals surface area contributed by atoms with Crippen LogP contribution in [0.1, 0.15) is 6.42 Å². The van der Waals surface area contributed by atoms with Crippen LogP contribution < -0.4 is 10.2 Å². The van der Waals surface area contributed by atoms with Gasteiger partial charge < -0.3 is 5.32 Å². The van der Waals surface area contributed by atoms with Crippen LogP contribution in [0, 0.1) is 5.82 Å². The highest BCUT2D eigenvalue weighted by Crippen LogP contribution is 2.35. The molecular weight excluding hydrogens is 473 g/mol. The normalized spacial score (nSPS) is 17.7. The summed E-state index contributed by atoms with van der Waals surface area (Å²) in [5, 5.41) is 3.35. The van der Waals surface area contributed by atoms with Crippen molar-refractivity contribution in [3.05, 3.63) is 77.9 Å². The van der Waals surface area contributed by atoms with Crippen LogP contribution in [0.4, 0.5) is 15.8 Å². The van der Waals surface area contributed by atoms with Crippen LogP contribution in [-0.2, 0) is 19.6 Å². The summed E-state index contributed by atoms with van der Waals surface area (Å²) in [6, 6.07) is 16.8. The van der Waals surface area contributed by atoms with Crippen LogP contribution >= 0.6 is 23.1 Å². The van der Waals surface area contributed by atoms with E-state index in [2.05, 4.69) is 9.71 Å². The summed E-state index contributed by atoms with van der Waals surface area (Å²) in [7, 11) is -4.01. The number of carbonyl (C=O) groups is 2. The number of rotatable bonds is 6. The van der Waals surface area contributed by atoms with Gasteiger partial charge in [-0.25, -0.2) is 4.39 Å². The fourth-order valence-electron chi connectivity index (χ4n) is 2.95. The van der Waals surface area contributed by atoms with Crippen molar-refractivity contribution < 1.29 is 22.4 Å². The molecule has 4 rings (SSSR count). The molecule has 2 aromatic carbocycles. The first-order valence-corrected chi connectivity index (χ1v) is 12.5. The first kappa shape index (κ1) is 22.2. The SMILES string of the molecule is O=C(CC1S/C(=N/S(=O)(=O)c2cccs2)N(c2ccccc2)C1=O)Nc1ccc(F)cc1. The number of hydrogen-bond acceptors (Lipinski definition) is 6. The monoisotopic (exact) mass is 489 g/mol. The highest BCUT2D eigenvalue weighted by atomic mass is 32.2. The molecule has 1 unspecified atom stereocenters. The van der Waals surface area contributed by atoms with Gasteiger partial charge in [-0.15, -0.1) is 15.7 Å². The average Bonchev–Trinajstić information content (AvgIpc) is 3.40. The Balaban J connectivity index is 1.60. The number of thioether (sulfide) groups is 1. The fourth-order valence-corrected chi connectivity index (χ4v) is 6.25. The van der Waals surface area contributed by atoms with Crippen LogP contribution in [-0.4, -0.2) is 30.6 Å². The summed E-state index contributed by atoms with van der Waals surface area (Å²) in [5.41, 5.74) is 0.840. The van der Waals surface area contributed by atoms with E-state index < -0.39 is 32.9 Å². The number of amidine groups is 1. The number of hydrogen-bond donors (Lipinski definition) is 1. The molecule has 0 aliphatic carbocycles. The predicted octanol–water partition coefficient (Wildman–Crippen LogP) is 4.11. The van der Waals surface area contributed by atoms with Crippen molar-refractivity contribution in [2.75, 3.05) is 10.2 Å². The summed E-state index contributed by atoms with van der Waals surface area (Å²) >= 11 is 1.94. The quantitative estimate of drug-likeness (QED) is 0.562. The number of para-hydroxylation sites is 1. The maximum absolute atomic E-state index is 13.1. The van der Waals surface area contributed by atoms with E-state index >= 15 is 0 Å². The molecule has 11 heteroatoms. The third-order valence-electron chi connectivity index (χ3n) is 4.40. The lowest BCUT2D eigenvalue weighted by atomic mass is 10.2. The van der Waals surface area contributed by atoms with Crippen LogP contribution in [0.25, 0.3) is 0 Å². The smallest absolute Gasteiger partial charge is 0.294 e. The van der Waals surface area contributed by atoms with Gasteiger partial charge in [0.1, 0.15) is 15.3 Å². The van der Waals surface area contributed by atoms with Crippen molar-refractivity contribution >= 4 is 61.5 Å². The van der Waals surface area contributed by atoms with E-state index in [9.17, 15) is 22.4 Å². The second kappa shape index (κ2) is 9.23. The highest BCUT2D eigenvalue weighted by Gasteiger charge is 2.41. The minimum atomic E-state index is -4.01. The first-order chi connectivity index (χ1) is 15.3. The lowest BCUT2D eigenvalue weighted by molar-refractivity contribution is -0.121. The molecule has 1 N–H and O–H groups in total. The lowest BCUT2D eigenvalue weighted by Crippen LogP contribution is -2.33. The first-order valence-electron chi connectivity index (χ1n) is 9.33. The lowest BCUT2D eigenvalue weighted by Gasteiger charge is -2.16. The largest absolute Gasteiger partial charge is 0.326 e. The van der Waals surface area contributed by atoms with Gasteiger partial charge in [0.25, 0.3) is 10.0 Å². The third kappa shape index (κ3) is 4.90. The highest BCUT2D eigenvalue weighted by molar-refractivity contribution is 8.16. The standard InChI is InChI=1S/C21H16FN3O4S3/c22-14-8-10-15(11-9-14)23-18(26)13-17-20(27)25(16-5-2-1-3-6-16)21(31-17)24-32(28,29)19-7-4-12-30-19/h1-12,17H,13H2,(H,23,26)/b24-21+. The Morgan fingerprint density at radius 1 is 1.06 bits per heavy atom. The molecule has 2 heterocycles. The Labute approximate surface area is 192 Å². The molecule has 1 atom stereocenters. The van der Waals surface area contributed by atoms with Crippen molar-refractivity contribution in [1.29, 1.82) is 0 Å². The van der Waals surface area contributed by atoms with Gasteiger partial charge in [0.2, 0.25) is 11.8 Å². The number of anilines is 2. The fraction of sp³-hybridized carbons (Fsp3) is 0.0952. The van der Waals surface area contributed by atoms with E-state index in [0.29, 0.717) is 11.4 Å². The number of carbonyl (C=O) groups excluding carboxylic acids is 2. The molecule has 164 valence electrons. The number of sulfonamides is 1. The number of benzene rings is 2. The minimum absolute atomic E-state index is 0.0193. The molecule has 2 amide bonds. The van der Waals surface area contributed by atoms with E-state index in [1.807, 2.05) is 0 Å². The van der Waals surface area contributed by atoms with Gasteiger partial charge in [0.15, 0.2) is 5.17 Å². The molecule has 0 saturated carbocycles. The van der Waals surface area contributed by atoms with Gasteiger partial charge in [0, 0.05) is 12.1 Å². The zero-order chi connectivity index (χ0) is 22.7. The van der Waals surface area contributed by atoms with Crippen LogP contribution in [0.5, 0.6) is 0 Å². The molecule has 1 fully saturated rings. The minimum Gasteiger partial charge on any atom is -0.326 e. The van der Waals surface area contributed by atoms with Crippen molar-refractivity contribution in [1.82, 2.24) is 0 Å². The second-order valence-corrected chi connectivity index (χ2v) is 10.6. The maximum atomic E-state index is 13.1. The van der Waals surface area contributed by atoms with Crippen molar-refractivity contribution in [2.45, 2.75) is 15.9 Å². The van der Waals surface area contributed by atoms with Crippen LogP contribution in [0.2, 0.25) is 0 Å². The molecule has 1 saturated heterocycles. The molecule has 1 aliphatic rings. The van der Waals surface area contributed by atoms with Gasteiger partial charge in [-0.05, 0) is 47.8 Å². The molecule has 32 heavy (non-hydrogen) atoms. The van der Waals surface area contributed by atoms with Crippen LogP contribution in [0.15, 0.2) is 80.7 Å². The number of nitrogens with zero attached hydrogens (tertiary/aromatic N) is 2. The molecular formula is C21H16FN3O4S3. The Morgan fingerprint density at radius 2 is 1.78 bits per heavy atom. The van der Waals surface area contributed by atoms with Gasteiger partial charge in [-0.2, -0.15) is 8.42 Å². The predicted molar refractivity (Wildman–Crippen MR) is 124 cm³/mol. The number of thiophene rings is 1. The van der Waals surface area contributed by atoms with E-state index in [-0.39, 0.29) is 15.8 Å². The molecule has 1 aromatic heterocycles. The molecule has 0 spiro atoms. The van der Waals surface area contributed by atoms with Gasteiger partial charge in [-0.3, -0.25) is 14.5 Å². The summed E-state index contributed by atoms with van der Waals surface area (Å²) < 4.78 is 42.4. The van der Waals surface area contributed by atoms with E-state index in [1.165, 1.54) is 35.2 Å². The Hall–Kier alpha value is -3.02. The molecule has 1 aliphatic heterocycles. The number of halogens is 1. The summed E-state index contributed by atoms with van der Waals surface area (Å²) in [5.74, 6) is -1.34. The molecule has 7 nitrogen and oxygen atoms in total. The van der Waals surface area contributed by atoms with E-state index in [0.717, 1.165) is 23.1 Å². The van der Waals surface area contributed by atoms with E-state index in [1.54, 1.807) is 41.8 Å². The number of amides is 2. The summed E-state index contributed by atoms with van der Waals surface area (Å²) in [6.07, 6.45) is -0.206. The van der Waals surface area contributed by atoms with E-state index in [4.69, 9.17) is 0 Å². The van der Waals surface area contributed by atoms with Gasteiger partial charge in [0.05, 0.1) is 5.69 Å². The summed E-state index contributed by atoms with van der Waals surface area (Å²) in [6.45, 7) is 0. The zero-order valence-corrected chi connectivity index (χ0v) is 18.8. The van der Waals surface area contributed by atoms with Crippen LogP contribution in [0.3, 0.4) is 0 Å². The average molecular weight is 490 g/mol. The Bertz CT molecular complexity index is 1260. The third-order valence-corrected chi connectivity index (χ3v) is 8.29. The van der Waals surface area contributed by atoms with Gasteiger partial charge >= 0.3 is 0 Å². The van der Waals surface area contributed by atoms with Gasteiger partial charge in [-0.1, -0.05) is 36.0 Å². The second-order valence-electron chi connectivity index (χ2n) is 6.66. The Morgan fingerprint density at radius 3 is 2.44 bits per heavy atom. The zero-order valence-electron chi connectivity index (χ0n) is 16.3. The summed E-state index contributed by atoms with van der Waals surface area (Å²) in [4.78, 5) is 26.8. The van der Waals surface area contributed by atoms with Crippen molar-refractivity contribution in [3.8, 4) is 0 Å². The number of nitrogens with one attached hydrogen (secondary N) is 1. The molecule has 0 bridgehead atoms.